The molecular weight excluding hydrogens is 350 g/mol. The average molecular weight is 388 g/mol. The third-order valence-electron chi connectivity index (χ3n) is 5.37. The average Bonchev–Trinajstić information content (AvgIpc) is 2.69. The maximum atomic E-state index is 12.4. The number of methoxy groups -OCH3 is 1. The second kappa shape index (κ2) is 13.2. The minimum atomic E-state index is -0.00931. The molecule has 1 aliphatic rings. The second-order valence-electron chi connectivity index (χ2n) is 7.64. The molecule has 1 saturated carbocycles. The van der Waals surface area contributed by atoms with Gasteiger partial charge in [0.15, 0.2) is 11.5 Å². The summed E-state index contributed by atoms with van der Waals surface area (Å²) in [5.74, 6) is 1.40. The van der Waals surface area contributed by atoms with Crippen molar-refractivity contribution < 1.29 is 14.3 Å². The van der Waals surface area contributed by atoms with Gasteiger partial charge in [0.1, 0.15) is 0 Å². The molecule has 4 heteroatoms. The molecular formula is C24H37NO3. The summed E-state index contributed by atoms with van der Waals surface area (Å²) in [6.07, 6.45) is 17.4. The van der Waals surface area contributed by atoms with Crippen molar-refractivity contribution in [1.82, 2.24) is 5.32 Å². The number of ether oxygens (including phenoxy) is 2. The Hall–Kier alpha value is -1.97. The minimum absolute atomic E-state index is 0.00931. The highest BCUT2D eigenvalue weighted by Crippen LogP contribution is 2.28. The van der Waals surface area contributed by atoms with Crippen LogP contribution in [0, 0.1) is 0 Å². The van der Waals surface area contributed by atoms with Crippen LogP contribution < -0.4 is 14.8 Å². The number of carbonyl (C=O) groups excluding carboxylic acids is 1. The number of benzene rings is 1. The molecule has 1 N–H and O–H groups in total. The van der Waals surface area contributed by atoms with Crippen molar-refractivity contribution in [2.45, 2.75) is 83.6 Å². The summed E-state index contributed by atoms with van der Waals surface area (Å²) in [4.78, 5) is 12.4. The van der Waals surface area contributed by atoms with Gasteiger partial charge in [-0.2, -0.15) is 0 Å². The van der Waals surface area contributed by atoms with Crippen molar-refractivity contribution in [3.8, 4) is 11.5 Å². The van der Waals surface area contributed by atoms with Crippen molar-refractivity contribution >= 4 is 12.0 Å². The van der Waals surface area contributed by atoms with Gasteiger partial charge in [-0.3, -0.25) is 4.79 Å². The Morgan fingerprint density at radius 2 is 1.61 bits per heavy atom. The summed E-state index contributed by atoms with van der Waals surface area (Å²) in [5, 5.41) is 3.22. The Labute approximate surface area is 170 Å². The molecule has 0 aromatic heterocycles. The molecule has 1 aromatic rings. The van der Waals surface area contributed by atoms with Gasteiger partial charge in [-0.15, -0.1) is 0 Å². The molecule has 1 aliphatic carbocycles. The molecule has 28 heavy (non-hydrogen) atoms. The van der Waals surface area contributed by atoms with E-state index in [1.165, 1.54) is 57.8 Å². The van der Waals surface area contributed by atoms with E-state index in [4.69, 9.17) is 9.47 Å². The summed E-state index contributed by atoms with van der Waals surface area (Å²) in [6, 6.07) is 6.01. The molecule has 1 fully saturated rings. The van der Waals surface area contributed by atoms with Crippen molar-refractivity contribution in [2.75, 3.05) is 13.7 Å². The normalized spacial score (nSPS) is 17.5. The van der Waals surface area contributed by atoms with Gasteiger partial charge >= 0.3 is 0 Å². The van der Waals surface area contributed by atoms with E-state index in [0.29, 0.717) is 18.4 Å². The fraction of sp³-hybridized carbons (Fsp3) is 0.625. The number of hydrogen-bond donors (Lipinski definition) is 1. The van der Waals surface area contributed by atoms with Gasteiger partial charge in [0.05, 0.1) is 13.7 Å². The molecule has 0 radical (unpaired) electrons. The molecule has 0 aliphatic heterocycles. The first-order chi connectivity index (χ1) is 13.7. The second-order valence-corrected chi connectivity index (χ2v) is 7.64. The van der Waals surface area contributed by atoms with Crippen molar-refractivity contribution in [3.05, 3.63) is 29.8 Å². The number of carbonyl (C=O) groups is 1. The molecule has 0 heterocycles. The highest BCUT2D eigenvalue weighted by atomic mass is 16.5. The lowest BCUT2D eigenvalue weighted by Gasteiger charge is -2.18. The molecule has 156 valence electrons. The molecule has 0 saturated heterocycles. The van der Waals surface area contributed by atoms with Crippen LogP contribution in [0.15, 0.2) is 24.3 Å². The number of nitrogens with one attached hydrogen (secondary N) is 1. The predicted octanol–water partition coefficient (Wildman–Crippen LogP) is 5.90. The minimum Gasteiger partial charge on any atom is -0.493 e. The van der Waals surface area contributed by atoms with Crippen LogP contribution in [0.4, 0.5) is 0 Å². The third kappa shape index (κ3) is 8.37. The van der Waals surface area contributed by atoms with Gasteiger partial charge in [-0.1, -0.05) is 63.9 Å². The zero-order valence-electron chi connectivity index (χ0n) is 17.7. The van der Waals surface area contributed by atoms with Crippen LogP contribution in [0.25, 0.3) is 6.08 Å². The van der Waals surface area contributed by atoms with Gasteiger partial charge in [0.2, 0.25) is 5.91 Å². The summed E-state index contributed by atoms with van der Waals surface area (Å²) in [5.41, 5.74) is 0.925. The molecule has 1 amide bonds. The van der Waals surface area contributed by atoms with Crippen LogP contribution in [-0.2, 0) is 4.79 Å². The molecule has 0 unspecified atom stereocenters. The van der Waals surface area contributed by atoms with E-state index < -0.39 is 0 Å². The fourth-order valence-electron chi connectivity index (χ4n) is 3.79. The van der Waals surface area contributed by atoms with Crippen molar-refractivity contribution in [1.29, 1.82) is 0 Å². The molecule has 2 rings (SSSR count). The molecule has 0 atom stereocenters. The highest BCUT2D eigenvalue weighted by Gasteiger charge is 2.11. The first-order valence-corrected chi connectivity index (χ1v) is 11.0. The lowest BCUT2D eigenvalue weighted by atomic mass is 9.98. The number of rotatable bonds is 6. The lowest BCUT2D eigenvalue weighted by Crippen LogP contribution is -2.33. The van der Waals surface area contributed by atoms with Gasteiger partial charge in [-0.05, 0) is 43.5 Å². The van der Waals surface area contributed by atoms with E-state index in [-0.39, 0.29) is 5.91 Å². The van der Waals surface area contributed by atoms with E-state index in [2.05, 4.69) is 5.32 Å². The molecule has 4 nitrogen and oxygen atoms in total. The smallest absolute Gasteiger partial charge is 0.244 e. The Morgan fingerprint density at radius 1 is 1.00 bits per heavy atom. The predicted molar refractivity (Wildman–Crippen MR) is 116 cm³/mol. The Morgan fingerprint density at radius 3 is 2.18 bits per heavy atom. The molecule has 1 aromatic carbocycles. The quantitative estimate of drug-likeness (QED) is 0.619. The van der Waals surface area contributed by atoms with Crippen LogP contribution in [-0.4, -0.2) is 25.7 Å². The fourth-order valence-corrected chi connectivity index (χ4v) is 3.79. The Bertz CT molecular complexity index is 600. The largest absolute Gasteiger partial charge is 0.493 e. The molecule has 0 spiro atoms. The SMILES string of the molecule is CCOc1ccc(/C=C/C(=O)NC2CCCCCCCCCCC2)cc1OC. The van der Waals surface area contributed by atoms with Crippen LogP contribution in [0.2, 0.25) is 0 Å². The van der Waals surface area contributed by atoms with Gasteiger partial charge in [-0.25, -0.2) is 0 Å². The Balaban J connectivity index is 1.89. The standard InChI is InChI=1S/C24H37NO3/c1-3-28-22-17-15-20(19-23(22)27-2)16-18-24(26)25-21-13-11-9-7-5-4-6-8-10-12-14-21/h15-19,21H,3-14H2,1-2H3,(H,25,26)/b18-16+. The van der Waals surface area contributed by atoms with Crippen LogP contribution >= 0.6 is 0 Å². The van der Waals surface area contributed by atoms with Crippen LogP contribution in [0.3, 0.4) is 0 Å². The first-order valence-electron chi connectivity index (χ1n) is 11.0. The summed E-state index contributed by atoms with van der Waals surface area (Å²) in [7, 11) is 1.63. The first kappa shape index (κ1) is 22.3. The third-order valence-corrected chi connectivity index (χ3v) is 5.37. The maximum absolute atomic E-state index is 12.4. The zero-order chi connectivity index (χ0) is 20.0. The monoisotopic (exact) mass is 387 g/mol. The van der Waals surface area contributed by atoms with Crippen molar-refractivity contribution in [3.63, 3.8) is 0 Å². The topological polar surface area (TPSA) is 47.6 Å². The highest BCUT2D eigenvalue weighted by molar-refractivity contribution is 5.92. The Kier molecular flexibility index (Phi) is 10.6. The number of hydrogen-bond acceptors (Lipinski definition) is 3. The maximum Gasteiger partial charge on any atom is 0.244 e. The zero-order valence-corrected chi connectivity index (χ0v) is 17.7. The van der Waals surface area contributed by atoms with Gasteiger partial charge in [0.25, 0.3) is 0 Å². The summed E-state index contributed by atoms with van der Waals surface area (Å²) < 4.78 is 10.9. The number of amides is 1. The van der Waals surface area contributed by atoms with E-state index in [0.717, 1.165) is 24.2 Å². The van der Waals surface area contributed by atoms with E-state index in [1.54, 1.807) is 13.2 Å². The summed E-state index contributed by atoms with van der Waals surface area (Å²) in [6.45, 7) is 2.54. The van der Waals surface area contributed by atoms with Crippen LogP contribution in [0.5, 0.6) is 11.5 Å². The van der Waals surface area contributed by atoms with Gasteiger partial charge in [0, 0.05) is 12.1 Å². The van der Waals surface area contributed by atoms with Crippen LogP contribution in [0.1, 0.15) is 83.1 Å². The van der Waals surface area contributed by atoms with E-state index in [1.807, 2.05) is 31.2 Å². The van der Waals surface area contributed by atoms with Gasteiger partial charge < -0.3 is 14.8 Å². The molecule has 0 bridgehead atoms. The summed E-state index contributed by atoms with van der Waals surface area (Å²) >= 11 is 0. The van der Waals surface area contributed by atoms with E-state index in [9.17, 15) is 4.79 Å². The van der Waals surface area contributed by atoms with Crippen molar-refractivity contribution in [2.24, 2.45) is 0 Å². The van der Waals surface area contributed by atoms with E-state index >= 15 is 0 Å². The lowest BCUT2D eigenvalue weighted by molar-refractivity contribution is -0.117.